The van der Waals surface area contributed by atoms with Crippen molar-refractivity contribution in [1.29, 1.82) is 0 Å². The van der Waals surface area contributed by atoms with Crippen LogP contribution in [0.25, 0.3) is 5.57 Å². The van der Waals surface area contributed by atoms with Crippen molar-refractivity contribution < 1.29 is 18.7 Å². The van der Waals surface area contributed by atoms with Crippen LogP contribution in [0.15, 0.2) is 54.6 Å². The molecule has 0 bridgehead atoms. The summed E-state index contributed by atoms with van der Waals surface area (Å²) in [6.45, 7) is 5.38. The second-order valence-corrected chi connectivity index (χ2v) is 8.05. The van der Waals surface area contributed by atoms with Crippen molar-refractivity contribution in [1.82, 2.24) is 5.32 Å². The zero-order valence-corrected chi connectivity index (χ0v) is 16.8. The van der Waals surface area contributed by atoms with Crippen LogP contribution in [0.5, 0.6) is 0 Å². The number of ether oxygens (including phenoxy) is 1. The highest BCUT2D eigenvalue weighted by Gasteiger charge is 2.23. The molecule has 0 saturated heterocycles. The Hall–Kier alpha value is -3.15. The molecule has 0 aromatic heterocycles. The van der Waals surface area contributed by atoms with Crippen LogP contribution in [0.2, 0.25) is 0 Å². The Kier molecular flexibility index (Phi) is 6.01. The summed E-state index contributed by atoms with van der Waals surface area (Å²) in [7, 11) is 0. The van der Waals surface area contributed by atoms with Gasteiger partial charge in [0.05, 0.1) is 0 Å². The van der Waals surface area contributed by atoms with E-state index < -0.39 is 11.7 Å². The largest absolute Gasteiger partial charge is 0.444 e. The third-order valence-electron chi connectivity index (χ3n) is 4.20. The highest BCUT2D eigenvalue weighted by atomic mass is 19.1. The molecule has 1 aliphatic carbocycles. The van der Waals surface area contributed by atoms with E-state index in [0.717, 1.165) is 24.0 Å². The van der Waals surface area contributed by atoms with Crippen LogP contribution >= 0.6 is 0 Å². The molecule has 1 saturated carbocycles. The number of nitrogens with one attached hydrogen (secondary N) is 2. The van der Waals surface area contributed by atoms with Crippen molar-refractivity contribution in [3.63, 3.8) is 0 Å². The predicted molar refractivity (Wildman–Crippen MR) is 111 cm³/mol. The van der Waals surface area contributed by atoms with Gasteiger partial charge in [0.15, 0.2) is 0 Å². The molecule has 3 rings (SSSR count). The first-order valence-corrected chi connectivity index (χ1v) is 9.58. The van der Waals surface area contributed by atoms with E-state index in [1.165, 1.54) is 18.2 Å². The van der Waals surface area contributed by atoms with Gasteiger partial charge < -0.3 is 10.1 Å². The lowest BCUT2D eigenvalue weighted by Crippen LogP contribution is -2.27. The van der Waals surface area contributed by atoms with E-state index in [9.17, 15) is 14.0 Å². The molecule has 1 aliphatic rings. The minimum Gasteiger partial charge on any atom is -0.444 e. The molecule has 2 amide bonds. The summed E-state index contributed by atoms with van der Waals surface area (Å²) in [5.74, 6) is -0.518. The topological polar surface area (TPSA) is 67.4 Å². The normalized spacial score (nSPS) is 14.3. The van der Waals surface area contributed by atoms with Crippen LogP contribution in [-0.4, -0.2) is 23.6 Å². The Labute approximate surface area is 170 Å². The van der Waals surface area contributed by atoms with Gasteiger partial charge >= 0.3 is 6.09 Å². The summed E-state index contributed by atoms with van der Waals surface area (Å²) in [6, 6.07) is 13.3. The zero-order valence-electron chi connectivity index (χ0n) is 16.8. The molecule has 29 heavy (non-hydrogen) atoms. The maximum absolute atomic E-state index is 13.3. The second-order valence-electron chi connectivity index (χ2n) is 8.05. The Balaban J connectivity index is 1.81. The van der Waals surface area contributed by atoms with Gasteiger partial charge in [-0.15, -0.1) is 0 Å². The average molecular weight is 396 g/mol. The Morgan fingerprint density at radius 1 is 1.00 bits per heavy atom. The molecule has 6 heteroatoms. The van der Waals surface area contributed by atoms with Crippen molar-refractivity contribution >= 4 is 23.3 Å². The van der Waals surface area contributed by atoms with Crippen LogP contribution in [0.3, 0.4) is 0 Å². The monoisotopic (exact) mass is 396 g/mol. The molecule has 1 fully saturated rings. The van der Waals surface area contributed by atoms with Gasteiger partial charge in [0.25, 0.3) is 0 Å². The molecule has 2 aromatic rings. The fourth-order valence-corrected chi connectivity index (χ4v) is 2.72. The molecule has 0 aliphatic heterocycles. The van der Waals surface area contributed by atoms with Crippen LogP contribution in [0.1, 0.15) is 44.7 Å². The maximum Gasteiger partial charge on any atom is 0.412 e. The van der Waals surface area contributed by atoms with Crippen molar-refractivity contribution in [2.75, 3.05) is 5.32 Å². The lowest BCUT2D eigenvalue weighted by molar-refractivity contribution is -0.116. The van der Waals surface area contributed by atoms with E-state index in [0.29, 0.717) is 11.3 Å². The molecule has 152 valence electrons. The van der Waals surface area contributed by atoms with Gasteiger partial charge in [-0.3, -0.25) is 10.1 Å². The molecule has 0 atom stereocenters. The highest BCUT2D eigenvalue weighted by Crippen LogP contribution is 2.26. The average Bonchev–Trinajstić information content (AvgIpc) is 3.44. The molecule has 0 unspecified atom stereocenters. The second kappa shape index (κ2) is 8.47. The van der Waals surface area contributed by atoms with Crippen molar-refractivity contribution in [3.8, 4) is 0 Å². The lowest BCUT2D eigenvalue weighted by Gasteiger charge is -2.19. The quantitative estimate of drug-likeness (QED) is 0.708. The molecular weight excluding hydrogens is 371 g/mol. The van der Waals surface area contributed by atoms with Crippen LogP contribution in [0.4, 0.5) is 14.9 Å². The lowest BCUT2D eigenvalue weighted by atomic mass is 9.97. The third kappa shape index (κ3) is 6.45. The summed E-state index contributed by atoms with van der Waals surface area (Å²) in [5.41, 5.74) is 2.16. The van der Waals surface area contributed by atoms with Gasteiger partial charge in [-0.2, -0.15) is 0 Å². The van der Waals surface area contributed by atoms with E-state index >= 15 is 0 Å². The maximum atomic E-state index is 13.3. The number of carbonyl (C=O) groups is 2. The number of halogens is 1. The Bertz CT molecular complexity index is 909. The molecule has 0 radical (unpaired) electrons. The summed E-state index contributed by atoms with van der Waals surface area (Å²) in [5, 5.41) is 5.61. The molecular formula is C23H25FN2O3. The van der Waals surface area contributed by atoms with Gasteiger partial charge in [0.1, 0.15) is 11.4 Å². The van der Waals surface area contributed by atoms with E-state index in [1.807, 2.05) is 0 Å². The molecule has 0 spiro atoms. The predicted octanol–water partition coefficient (Wildman–Crippen LogP) is 4.88. The SMILES string of the molecule is CC(C)(C)OC(=O)Nc1ccc(C(=CC(=O)NC2CC2)c2ccc(F)cc2)cc1. The number of hydrogen-bond acceptors (Lipinski definition) is 3. The molecule has 5 nitrogen and oxygen atoms in total. The molecule has 0 heterocycles. The number of rotatable bonds is 5. The van der Waals surface area contributed by atoms with E-state index in [2.05, 4.69) is 10.6 Å². The van der Waals surface area contributed by atoms with Crippen molar-refractivity contribution in [3.05, 3.63) is 71.6 Å². The van der Waals surface area contributed by atoms with Crippen LogP contribution in [0, 0.1) is 5.82 Å². The van der Waals surface area contributed by atoms with Crippen molar-refractivity contribution in [2.24, 2.45) is 0 Å². The first-order chi connectivity index (χ1) is 13.7. The minimum absolute atomic E-state index is 0.178. The van der Waals surface area contributed by atoms with E-state index in [-0.39, 0.29) is 17.8 Å². The number of benzene rings is 2. The zero-order chi connectivity index (χ0) is 21.0. The van der Waals surface area contributed by atoms with Gasteiger partial charge in [0.2, 0.25) is 5.91 Å². The smallest absolute Gasteiger partial charge is 0.412 e. The summed E-state index contributed by atoms with van der Waals surface area (Å²) < 4.78 is 18.6. The number of hydrogen-bond donors (Lipinski definition) is 2. The first kappa shape index (κ1) is 20.6. The van der Waals surface area contributed by atoms with Gasteiger partial charge in [-0.05, 0) is 74.6 Å². The van der Waals surface area contributed by atoms with Crippen molar-refractivity contribution in [2.45, 2.75) is 45.3 Å². The van der Waals surface area contributed by atoms with E-state index in [1.54, 1.807) is 57.2 Å². The number of amides is 2. The standard InChI is InChI=1S/C23H25FN2O3/c1-23(2,3)29-22(28)26-19-10-6-16(7-11-19)20(14-21(27)25-18-12-13-18)15-4-8-17(24)9-5-15/h4-11,14,18H,12-13H2,1-3H3,(H,25,27)(H,26,28). The van der Waals surface area contributed by atoms with Gasteiger partial charge in [0, 0.05) is 17.8 Å². The van der Waals surface area contributed by atoms with Gasteiger partial charge in [-0.1, -0.05) is 24.3 Å². The summed E-state index contributed by atoms with van der Waals surface area (Å²) in [4.78, 5) is 24.2. The fraction of sp³-hybridized carbons (Fsp3) is 0.304. The molecule has 2 aromatic carbocycles. The number of anilines is 1. The summed E-state index contributed by atoms with van der Waals surface area (Å²) >= 11 is 0. The Morgan fingerprint density at radius 2 is 1.55 bits per heavy atom. The minimum atomic E-state index is -0.586. The fourth-order valence-electron chi connectivity index (χ4n) is 2.72. The highest BCUT2D eigenvalue weighted by molar-refractivity contribution is 5.99. The third-order valence-corrected chi connectivity index (χ3v) is 4.20. The number of carbonyl (C=O) groups excluding carboxylic acids is 2. The molecule has 2 N–H and O–H groups in total. The van der Waals surface area contributed by atoms with E-state index in [4.69, 9.17) is 4.74 Å². The van der Waals surface area contributed by atoms with Crippen LogP contribution in [-0.2, 0) is 9.53 Å². The van der Waals surface area contributed by atoms with Crippen LogP contribution < -0.4 is 10.6 Å². The summed E-state index contributed by atoms with van der Waals surface area (Å²) in [6.07, 6.45) is 2.98. The Morgan fingerprint density at radius 3 is 2.07 bits per heavy atom. The van der Waals surface area contributed by atoms with Gasteiger partial charge in [-0.25, -0.2) is 9.18 Å². The first-order valence-electron chi connectivity index (χ1n) is 9.58.